The van der Waals surface area contributed by atoms with Crippen molar-refractivity contribution >= 4 is 133 Å². The number of nitrogens with one attached hydrogen (secondary N) is 9. The van der Waals surface area contributed by atoms with Crippen LogP contribution in [-0.2, 0) is 0 Å². The van der Waals surface area contributed by atoms with Crippen molar-refractivity contribution in [2.45, 2.75) is 0 Å². The molecular formula is C80H67N27S. The third kappa shape index (κ3) is 20.4. The van der Waals surface area contributed by atoms with Crippen molar-refractivity contribution in [1.82, 2.24) is 132 Å². The number of hydrogen-bond donors (Lipinski definition) is 9. The van der Waals surface area contributed by atoms with Crippen LogP contribution in [0.1, 0.15) is 0 Å². The lowest BCUT2D eigenvalue weighted by molar-refractivity contribution is 1.10. The third-order valence-electron chi connectivity index (χ3n) is 15.4. The molecule has 24 aromatic rings. The predicted octanol–water partition coefficient (Wildman–Crippen LogP) is 16.6. The highest BCUT2D eigenvalue weighted by Gasteiger charge is 1.97. The van der Waals surface area contributed by atoms with Crippen LogP contribution in [-0.4, -0.2) is 132 Å². The minimum Gasteiger partial charge on any atom is -0.366 e. The van der Waals surface area contributed by atoms with E-state index in [0.29, 0.717) is 5.65 Å². The number of rotatable bonds is 0. The number of H-pyrrole nitrogens is 9. The van der Waals surface area contributed by atoms with Gasteiger partial charge in [-0.2, -0.15) is 13.8 Å². The van der Waals surface area contributed by atoms with Crippen molar-refractivity contribution in [2.24, 2.45) is 0 Å². The van der Waals surface area contributed by atoms with Gasteiger partial charge in [-0.05, 0) is 150 Å². The molecule has 0 bridgehead atoms. The molecule has 0 aliphatic carbocycles. The molecule has 22 heterocycles. The highest BCUT2D eigenvalue weighted by Crippen LogP contribution is 2.14. The third-order valence-corrected chi connectivity index (χ3v) is 16.0. The molecule has 27 nitrogen and oxygen atoms in total. The number of aromatic nitrogens is 27. The number of hydrogen-bond acceptors (Lipinski definition) is 17. The van der Waals surface area contributed by atoms with Crippen molar-refractivity contribution in [1.29, 1.82) is 0 Å². The molecule has 0 amide bonds. The van der Waals surface area contributed by atoms with Crippen LogP contribution in [0, 0.1) is 0 Å². The molecule has 24 rings (SSSR count). The van der Waals surface area contributed by atoms with Crippen LogP contribution in [0.15, 0.2) is 356 Å². The lowest BCUT2D eigenvalue weighted by Crippen LogP contribution is -1.77. The zero-order valence-electron chi connectivity index (χ0n) is 57.4. The summed E-state index contributed by atoms with van der Waals surface area (Å²) in [5.74, 6) is 0. The Hall–Kier alpha value is -15.6. The maximum Gasteiger partial charge on any atom is 0.180 e. The molecule has 2 aromatic carbocycles. The first kappa shape index (κ1) is 70.8. The summed E-state index contributed by atoms with van der Waals surface area (Å²) in [5, 5.41) is 13.7. The fraction of sp³-hybridized carbons (Fsp3) is 0. The predicted molar refractivity (Wildman–Crippen MR) is 426 cm³/mol. The van der Waals surface area contributed by atoms with Gasteiger partial charge in [-0.3, -0.25) is 25.0 Å². The second kappa shape index (κ2) is 37.9. The maximum absolute atomic E-state index is 4.11. The topological polar surface area (TPSA) is 357 Å². The molecule has 0 fully saturated rings. The lowest BCUT2D eigenvalue weighted by Gasteiger charge is -1.88. The Kier molecular flexibility index (Phi) is 24.9. The lowest BCUT2D eigenvalue weighted by atomic mass is 10.2. The first-order valence-electron chi connectivity index (χ1n) is 33.5. The fourth-order valence-electron chi connectivity index (χ4n) is 10.1. The van der Waals surface area contributed by atoms with Gasteiger partial charge in [0.15, 0.2) is 16.9 Å². The minimum atomic E-state index is 0.713. The number of fused-ring (bicyclic) bond motifs is 12. The van der Waals surface area contributed by atoms with Crippen LogP contribution in [0.25, 0.3) is 121 Å². The molecule has 22 aromatic heterocycles. The summed E-state index contributed by atoms with van der Waals surface area (Å²) in [4.78, 5) is 75.7. The van der Waals surface area contributed by atoms with Gasteiger partial charge >= 0.3 is 0 Å². The monoisotopic (exact) mass is 1440 g/mol. The van der Waals surface area contributed by atoms with Gasteiger partial charge in [-0.15, -0.1) is 0 Å². The first-order chi connectivity index (χ1) is 53.6. The molecule has 0 spiro atoms. The highest BCUT2D eigenvalue weighted by atomic mass is 32.1. The van der Waals surface area contributed by atoms with E-state index in [9.17, 15) is 0 Å². The molecule has 0 aliphatic heterocycles. The average Bonchev–Trinajstić information content (AvgIpc) is 3.05. The van der Waals surface area contributed by atoms with Gasteiger partial charge in [-0.1, -0.05) is 48.5 Å². The van der Waals surface area contributed by atoms with Crippen LogP contribution < -0.4 is 0 Å². The molecule has 0 saturated carbocycles. The molecule has 0 unspecified atom stereocenters. The number of aromatic amines is 9. The molecule has 0 aliphatic rings. The smallest absolute Gasteiger partial charge is 0.180 e. The normalized spacial score (nSPS) is 10.2. The number of imidazole rings is 4. The van der Waals surface area contributed by atoms with E-state index in [-0.39, 0.29) is 0 Å². The minimum absolute atomic E-state index is 0.713. The Morgan fingerprint density at radius 3 is 1.63 bits per heavy atom. The van der Waals surface area contributed by atoms with Gasteiger partial charge in [-0.25, -0.2) is 44.9 Å². The van der Waals surface area contributed by atoms with Crippen LogP contribution in [0.5, 0.6) is 0 Å². The zero-order valence-corrected chi connectivity index (χ0v) is 58.3. The van der Waals surface area contributed by atoms with E-state index in [1.807, 2.05) is 243 Å². The summed E-state index contributed by atoms with van der Waals surface area (Å²) in [5.41, 5.74) is 15.7. The van der Waals surface area contributed by atoms with Crippen molar-refractivity contribution < 1.29 is 0 Å². The Balaban J connectivity index is 0.000000104. The molecule has 0 radical (unpaired) electrons. The van der Waals surface area contributed by atoms with E-state index in [0.717, 1.165) is 93.9 Å². The summed E-state index contributed by atoms with van der Waals surface area (Å²) in [7, 11) is 0. The van der Waals surface area contributed by atoms with Gasteiger partial charge in [0.1, 0.15) is 34.2 Å². The van der Waals surface area contributed by atoms with E-state index in [1.54, 1.807) is 87.1 Å². The number of nitrogens with zero attached hydrogens (tertiary/aromatic N) is 18. The summed E-state index contributed by atoms with van der Waals surface area (Å²) in [6.07, 6.45) is 48.9. The van der Waals surface area contributed by atoms with Crippen LogP contribution in [0.3, 0.4) is 0 Å². The standard InChI is InChI=1S/2C8H7N.5C7H6N2.3C6H5N3.C6H4N2S.C5H4N4/c1-2-6-9-7-3-5-8(9)4-1;1-2-4-8-6-9-5-7(8)3-1;1-4-9-7-2-3-8-5-6(1)7;1-3-8-5-7-6(1)2-4-9-7;1-2-6-7(8-4-1)3-5-9-6;1-2-6-3-5-9-7(6)8-4-1;1-2-5-9-6-4-8-7(9)3-1;1-2-7-3-6-5(1)8-4-9-6;1-2-5-6(7-3-1)9-4-8-5;1-2-5-4-8-9-6(5)7-3-1;1-2-4-6-5(3-1)7-9-8-6;1-4-5(8-2-6-1)9-3-7-4/h1-7H;1-6,9H;3*1-5,9H;1-5H,(H,8,9);1-6H;1-4H,(H,8,9);2*1-4H,(H,7,8,9);1-4H;1-3H,(H,6,7,8,9). The van der Waals surface area contributed by atoms with Crippen molar-refractivity contribution in [3.05, 3.63) is 356 Å². The van der Waals surface area contributed by atoms with Gasteiger partial charge < -0.3 is 48.7 Å². The van der Waals surface area contributed by atoms with E-state index in [1.165, 1.54) is 39.7 Å². The van der Waals surface area contributed by atoms with Crippen LogP contribution in [0.4, 0.5) is 0 Å². The van der Waals surface area contributed by atoms with E-state index < -0.39 is 0 Å². The van der Waals surface area contributed by atoms with Crippen LogP contribution in [0.2, 0.25) is 0 Å². The molecule has 0 saturated heterocycles. The van der Waals surface area contributed by atoms with Crippen molar-refractivity contribution in [3.63, 3.8) is 0 Å². The Bertz CT molecular complexity index is 4800. The average molecular weight is 1440 g/mol. The zero-order chi connectivity index (χ0) is 73.3. The van der Waals surface area contributed by atoms with Crippen molar-refractivity contribution in [2.75, 3.05) is 0 Å². The second-order valence-electron chi connectivity index (χ2n) is 22.5. The largest absolute Gasteiger partial charge is 0.366 e. The number of pyridine rings is 9. The molecular weight excluding hydrogens is 1370 g/mol. The van der Waals surface area contributed by atoms with Gasteiger partial charge in [0.2, 0.25) is 0 Å². The summed E-state index contributed by atoms with van der Waals surface area (Å²) >= 11 is 1.25. The number of benzene rings is 2. The quantitative estimate of drug-likeness (QED) is 0.0681. The Labute approximate surface area is 617 Å². The Morgan fingerprint density at radius 1 is 0.287 bits per heavy atom. The van der Waals surface area contributed by atoms with Crippen molar-refractivity contribution in [3.8, 4) is 0 Å². The summed E-state index contributed by atoms with van der Waals surface area (Å²) < 4.78 is 12.2. The van der Waals surface area contributed by atoms with Gasteiger partial charge in [0.05, 0.1) is 88.6 Å². The summed E-state index contributed by atoms with van der Waals surface area (Å²) in [6, 6.07) is 61.6. The SMILES string of the molecule is c1cc2[nH]ccc2cn1.c1cc2cc[nH]c2cn1.c1cc2nc[nH]c2cn1.c1ccc2c[nH]cc2c1.c1ccc2nsnc2c1.c1ccn2cccc2c1.c1ccn2ccnc2c1.c1cnc2[nH]ccc2c1.c1cnc2[nH]ncc2c1.c1cnc2cc[nH]c2c1.c1cnc2nc[nH]c2c1.c1ncc2[nH]cnc2n1. The molecule has 9 N–H and O–H groups in total. The molecule has 528 valence electrons. The fourth-order valence-corrected chi connectivity index (χ4v) is 10.7. The Morgan fingerprint density at radius 2 is 0.870 bits per heavy atom. The first-order valence-corrected chi connectivity index (χ1v) is 34.2. The van der Waals surface area contributed by atoms with E-state index >= 15 is 0 Å². The van der Waals surface area contributed by atoms with Gasteiger partial charge in [0.25, 0.3) is 0 Å². The van der Waals surface area contributed by atoms with E-state index in [4.69, 9.17) is 0 Å². The highest BCUT2D eigenvalue weighted by molar-refractivity contribution is 7.00. The maximum atomic E-state index is 4.11. The molecule has 0 atom stereocenters. The second-order valence-corrected chi connectivity index (χ2v) is 23.1. The molecule has 108 heavy (non-hydrogen) atoms. The van der Waals surface area contributed by atoms with Gasteiger partial charge in [0, 0.05) is 150 Å². The summed E-state index contributed by atoms with van der Waals surface area (Å²) in [6.45, 7) is 0. The van der Waals surface area contributed by atoms with E-state index in [2.05, 4.69) is 152 Å². The van der Waals surface area contributed by atoms with Crippen LogP contribution >= 0.6 is 11.7 Å². The molecule has 28 heteroatoms.